The van der Waals surface area contributed by atoms with E-state index in [1.54, 1.807) is 0 Å². The summed E-state index contributed by atoms with van der Waals surface area (Å²) in [5, 5.41) is 13.5. The van der Waals surface area contributed by atoms with Gasteiger partial charge in [-0.2, -0.15) is 0 Å². The van der Waals surface area contributed by atoms with E-state index in [0.29, 0.717) is 31.2 Å². The first-order valence-corrected chi connectivity index (χ1v) is 8.08. The van der Waals surface area contributed by atoms with Crippen LogP contribution in [0.25, 0.3) is 0 Å². The van der Waals surface area contributed by atoms with Gasteiger partial charge in [-0.1, -0.05) is 44.2 Å². The van der Waals surface area contributed by atoms with Crippen molar-refractivity contribution in [3.8, 4) is 0 Å². The lowest BCUT2D eigenvalue weighted by Crippen LogP contribution is -2.40. The Morgan fingerprint density at radius 2 is 1.90 bits per heavy atom. The summed E-state index contributed by atoms with van der Waals surface area (Å²) in [6.45, 7) is 6.26. The van der Waals surface area contributed by atoms with Gasteiger partial charge in [-0.25, -0.2) is 0 Å². The number of nitrogens with one attached hydrogen (secondary N) is 1. The number of hydrogen-bond donors (Lipinski definition) is 2. The Balaban J connectivity index is 1.57. The fourth-order valence-corrected chi connectivity index (χ4v) is 2.85. The molecule has 1 aromatic carbocycles. The molecule has 1 fully saturated rings. The third-order valence-electron chi connectivity index (χ3n) is 4.40. The van der Waals surface area contributed by atoms with Crippen molar-refractivity contribution in [3.63, 3.8) is 0 Å². The second-order valence-electron chi connectivity index (χ2n) is 7.00. The molecule has 2 rings (SSSR count). The molecule has 0 radical (unpaired) electrons. The summed E-state index contributed by atoms with van der Waals surface area (Å²) < 4.78 is 5.56. The molecular weight excluding hydrogens is 262 g/mol. The second kappa shape index (κ2) is 7.92. The lowest BCUT2D eigenvalue weighted by molar-refractivity contribution is 0.0262. The molecule has 1 saturated carbocycles. The van der Waals surface area contributed by atoms with Gasteiger partial charge in [0.25, 0.3) is 0 Å². The molecule has 0 saturated heterocycles. The van der Waals surface area contributed by atoms with Crippen LogP contribution in [-0.4, -0.2) is 30.4 Å². The van der Waals surface area contributed by atoms with Gasteiger partial charge in [-0.15, -0.1) is 0 Å². The molecule has 0 heterocycles. The van der Waals surface area contributed by atoms with E-state index in [0.717, 1.165) is 5.56 Å². The average Bonchev–Trinajstić information content (AvgIpc) is 2.47. The van der Waals surface area contributed by atoms with Crippen LogP contribution >= 0.6 is 0 Å². The first-order chi connectivity index (χ1) is 10.1. The number of aliphatic hydroxyl groups is 1. The van der Waals surface area contributed by atoms with Crippen molar-refractivity contribution in [2.24, 2.45) is 5.41 Å². The minimum atomic E-state index is -0.427. The van der Waals surface area contributed by atoms with E-state index in [2.05, 4.69) is 19.2 Å². The predicted octanol–water partition coefficient (Wildman–Crippen LogP) is 3.12. The SMILES string of the molecule is CC1(C)CCC(NCC(O)COCc2ccccc2)CC1. The predicted molar refractivity (Wildman–Crippen MR) is 86.1 cm³/mol. The van der Waals surface area contributed by atoms with Crippen LogP contribution in [0.1, 0.15) is 45.1 Å². The van der Waals surface area contributed by atoms with Gasteiger partial charge in [0, 0.05) is 12.6 Å². The highest BCUT2D eigenvalue weighted by Gasteiger charge is 2.26. The van der Waals surface area contributed by atoms with E-state index >= 15 is 0 Å². The maximum atomic E-state index is 9.97. The number of aliphatic hydroxyl groups excluding tert-OH is 1. The van der Waals surface area contributed by atoms with Crippen LogP contribution in [0.2, 0.25) is 0 Å². The van der Waals surface area contributed by atoms with Crippen molar-refractivity contribution in [2.75, 3.05) is 13.2 Å². The van der Waals surface area contributed by atoms with Gasteiger partial charge in [-0.05, 0) is 36.7 Å². The quantitative estimate of drug-likeness (QED) is 0.811. The van der Waals surface area contributed by atoms with Gasteiger partial charge in [0.15, 0.2) is 0 Å². The van der Waals surface area contributed by atoms with Crippen LogP contribution in [0.4, 0.5) is 0 Å². The first-order valence-electron chi connectivity index (χ1n) is 8.08. The molecule has 1 aliphatic carbocycles. The molecule has 0 bridgehead atoms. The summed E-state index contributed by atoms with van der Waals surface area (Å²) >= 11 is 0. The zero-order valence-electron chi connectivity index (χ0n) is 13.3. The lowest BCUT2D eigenvalue weighted by atomic mass is 9.75. The van der Waals surface area contributed by atoms with E-state index in [1.165, 1.54) is 25.7 Å². The second-order valence-corrected chi connectivity index (χ2v) is 7.00. The van der Waals surface area contributed by atoms with Crippen LogP contribution in [0.15, 0.2) is 30.3 Å². The van der Waals surface area contributed by atoms with Crippen LogP contribution in [-0.2, 0) is 11.3 Å². The Morgan fingerprint density at radius 1 is 1.24 bits per heavy atom. The van der Waals surface area contributed by atoms with Crippen molar-refractivity contribution in [2.45, 2.75) is 58.3 Å². The third kappa shape index (κ3) is 6.16. The lowest BCUT2D eigenvalue weighted by Gasteiger charge is -2.35. The highest BCUT2D eigenvalue weighted by atomic mass is 16.5. The molecule has 0 amide bonds. The Hall–Kier alpha value is -0.900. The monoisotopic (exact) mass is 291 g/mol. The van der Waals surface area contributed by atoms with E-state index in [4.69, 9.17) is 4.74 Å². The number of rotatable bonds is 7. The summed E-state index contributed by atoms with van der Waals surface area (Å²) in [4.78, 5) is 0. The van der Waals surface area contributed by atoms with Crippen molar-refractivity contribution >= 4 is 0 Å². The molecule has 1 aliphatic rings. The molecule has 3 heteroatoms. The maximum absolute atomic E-state index is 9.97. The summed E-state index contributed by atoms with van der Waals surface area (Å²) in [7, 11) is 0. The molecule has 1 atom stereocenters. The van der Waals surface area contributed by atoms with E-state index in [-0.39, 0.29) is 0 Å². The number of hydrogen-bond acceptors (Lipinski definition) is 3. The van der Waals surface area contributed by atoms with Gasteiger partial charge < -0.3 is 15.2 Å². The average molecular weight is 291 g/mol. The summed E-state index contributed by atoms with van der Waals surface area (Å²) in [6.07, 6.45) is 4.54. The van der Waals surface area contributed by atoms with Crippen LogP contribution in [0.3, 0.4) is 0 Å². The Bertz CT molecular complexity index is 395. The van der Waals surface area contributed by atoms with Gasteiger partial charge >= 0.3 is 0 Å². The Labute approximate surface area is 128 Å². The normalized spacial score (nSPS) is 20.3. The molecule has 0 spiro atoms. The number of benzene rings is 1. The molecule has 2 N–H and O–H groups in total. The van der Waals surface area contributed by atoms with Crippen LogP contribution in [0.5, 0.6) is 0 Å². The van der Waals surface area contributed by atoms with Crippen LogP contribution in [0, 0.1) is 5.41 Å². The third-order valence-corrected chi connectivity index (χ3v) is 4.40. The maximum Gasteiger partial charge on any atom is 0.0897 e. The van der Waals surface area contributed by atoms with E-state index in [1.807, 2.05) is 30.3 Å². The molecule has 118 valence electrons. The van der Waals surface area contributed by atoms with Crippen molar-refractivity contribution < 1.29 is 9.84 Å². The van der Waals surface area contributed by atoms with Gasteiger partial charge in [0.05, 0.1) is 19.3 Å². The van der Waals surface area contributed by atoms with Crippen molar-refractivity contribution in [1.82, 2.24) is 5.32 Å². The van der Waals surface area contributed by atoms with Crippen molar-refractivity contribution in [1.29, 1.82) is 0 Å². The van der Waals surface area contributed by atoms with Crippen LogP contribution < -0.4 is 5.32 Å². The summed E-state index contributed by atoms with van der Waals surface area (Å²) in [5.74, 6) is 0. The zero-order chi connectivity index (χ0) is 15.1. The van der Waals surface area contributed by atoms with Crippen molar-refractivity contribution in [3.05, 3.63) is 35.9 Å². The van der Waals surface area contributed by atoms with E-state index in [9.17, 15) is 5.11 Å². The molecule has 1 aromatic rings. The fourth-order valence-electron chi connectivity index (χ4n) is 2.85. The topological polar surface area (TPSA) is 41.5 Å². The highest BCUT2D eigenvalue weighted by molar-refractivity contribution is 5.13. The molecule has 21 heavy (non-hydrogen) atoms. The number of ether oxygens (including phenoxy) is 1. The van der Waals surface area contributed by atoms with Gasteiger partial charge in [-0.3, -0.25) is 0 Å². The Kier molecular flexibility index (Phi) is 6.22. The molecule has 3 nitrogen and oxygen atoms in total. The largest absolute Gasteiger partial charge is 0.389 e. The molecular formula is C18H29NO2. The zero-order valence-corrected chi connectivity index (χ0v) is 13.3. The highest BCUT2D eigenvalue weighted by Crippen LogP contribution is 2.34. The summed E-state index contributed by atoms with van der Waals surface area (Å²) in [6, 6.07) is 10.6. The Morgan fingerprint density at radius 3 is 2.57 bits per heavy atom. The molecule has 1 unspecified atom stereocenters. The smallest absolute Gasteiger partial charge is 0.0897 e. The standard InChI is InChI=1S/C18H29NO2/c1-18(2)10-8-16(9-11-18)19-12-17(20)14-21-13-15-6-4-3-5-7-15/h3-7,16-17,19-20H,8-14H2,1-2H3. The first kappa shape index (κ1) is 16.5. The van der Waals surface area contributed by atoms with E-state index < -0.39 is 6.10 Å². The van der Waals surface area contributed by atoms with Gasteiger partial charge in [0.1, 0.15) is 0 Å². The minimum absolute atomic E-state index is 0.389. The van der Waals surface area contributed by atoms with Gasteiger partial charge in [0.2, 0.25) is 0 Å². The fraction of sp³-hybridized carbons (Fsp3) is 0.667. The summed E-state index contributed by atoms with van der Waals surface area (Å²) in [5.41, 5.74) is 1.64. The minimum Gasteiger partial charge on any atom is -0.389 e. The molecule has 0 aliphatic heterocycles. The molecule has 0 aromatic heterocycles.